The first-order chi connectivity index (χ1) is 10.5. The Hall–Kier alpha value is -1.70. The SMILES string of the molecule is C[C@@]1(/C=N/O)CC2/C(=C\c3ccccn3)C(=O)N2[C@H]1C(=O)[O-].[Na+]. The van der Waals surface area contributed by atoms with Crippen LogP contribution in [0.3, 0.4) is 0 Å². The summed E-state index contributed by atoms with van der Waals surface area (Å²) in [6.07, 6.45) is 4.81. The van der Waals surface area contributed by atoms with Gasteiger partial charge in [-0.05, 0) is 24.6 Å². The number of rotatable bonds is 3. The van der Waals surface area contributed by atoms with Crippen molar-refractivity contribution in [1.29, 1.82) is 0 Å². The van der Waals surface area contributed by atoms with Crippen LogP contribution in [0.1, 0.15) is 19.0 Å². The molecule has 2 fully saturated rings. The summed E-state index contributed by atoms with van der Waals surface area (Å²) in [5, 5.41) is 23.2. The van der Waals surface area contributed by atoms with Crippen molar-refractivity contribution in [3.8, 4) is 0 Å². The fourth-order valence-corrected chi connectivity index (χ4v) is 3.28. The molecule has 0 radical (unpaired) electrons. The maximum absolute atomic E-state index is 12.3. The number of carboxylic acid groups (broad SMARTS) is 1. The van der Waals surface area contributed by atoms with Crippen molar-refractivity contribution in [3.63, 3.8) is 0 Å². The van der Waals surface area contributed by atoms with E-state index in [4.69, 9.17) is 5.21 Å². The summed E-state index contributed by atoms with van der Waals surface area (Å²) >= 11 is 0. The van der Waals surface area contributed by atoms with Crippen LogP contribution in [0.2, 0.25) is 0 Å². The van der Waals surface area contributed by atoms with Gasteiger partial charge in [0.25, 0.3) is 5.91 Å². The summed E-state index contributed by atoms with van der Waals surface area (Å²) in [6, 6.07) is 3.87. The van der Waals surface area contributed by atoms with E-state index in [0.717, 1.165) is 6.21 Å². The summed E-state index contributed by atoms with van der Waals surface area (Å²) in [5.74, 6) is -1.70. The third kappa shape index (κ3) is 2.80. The molecule has 8 heteroatoms. The van der Waals surface area contributed by atoms with Crippen LogP contribution in [0.15, 0.2) is 35.1 Å². The number of carbonyl (C=O) groups is 2. The first kappa shape index (κ1) is 17.7. The summed E-state index contributed by atoms with van der Waals surface area (Å²) in [4.78, 5) is 29.1. The molecule has 2 aliphatic heterocycles. The number of amides is 1. The van der Waals surface area contributed by atoms with Crippen molar-refractivity contribution in [2.24, 2.45) is 10.6 Å². The zero-order valence-corrected chi connectivity index (χ0v) is 14.8. The van der Waals surface area contributed by atoms with Crippen LogP contribution in [0.4, 0.5) is 0 Å². The average Bonchev–Trinajstić information content (AvgIpc) is 2.76. The molecule has 0 spiro atoms. The van der Waals surface area contributed by atoms with Crippen LogP contribution in [-0.2, 0) is 9.59 Å². The van der Waals surface area contributed by atoms with Gasteiger partial charge in [-0.15, -0.1) is 5.16 Å². The number of β-lactam (4-membered cyclic amide) rings is 1. The molecule has 0 saturated carbocycles. The van der Waals surface area contributed by atoms with Crippen molar-refractivity contribution < 1.29 is 49.5 Å². The predicted molar refractivity (Wildman–Crippen MR) is 74.6 cm³/mol. The number of pyridine rings is 1. The Balaban J connectivity index is 0.00000192. The molecule has 7 nitrogen and oxygen atoms in total. The zero-order valence-electron chi connectivity index (χ0n) is 12.8. The van der Waals surface area contributed by atoms with Gasteiger partial charge in [-0.25, -0.2) is 0 Å². The second kappa shape index (κ2) is 6.43. The fraction of sp³-hybridized carbons (Fsp3) is 0.333. The van der Waals surface area contributed by atoms with Gasteiger partial charge >= 0.3 is 29.6 Å². The molecule has 1 aromatic rings. The van der Waals surface area contributed by atoms with Crippen LogP contribution in [0.5, 0.6) is 0 Å². The van der Waals surface area contributed by atoms with Gasteiger partial charge in [-0.1, -0.05) is 13.0 Å². The van der Waals surface area contributed by atoms with Crippen LogP contribution >= 0.6 is 0 Å². The molecule has 1 aromatic heterocycles. The molecule has 114 valence electrons. The topological polar surface area (TPSA) is 106 Å². The molecule has 1 N–H and O–H groups in total. The van der Waals surface area contributed by atoms with Gasteiger partial charge in [-0.3, -0.25) is 9.78 Å². The Bertz CT molecular complexity index is 691. The van der Waals surface area contributed by atoms with Crippen molar-refractivity contribution in [3.05, 3.63) is 35.7 Å². The van der Waals surface area contributed by atoms with Crippen LogP contribution < -0.4 is 34.7 Å². The molecular formula is C15H14N3NaO4. The van der Waals surface area contributed by atoms with E-state index in [1.54, 1.807) is 31.3 Å². The molecule has 3 heterocycles. The van der Waals surface area contributed by atoms with E-state index in [-0.39, 0.29) is 41.5 Å². The average molecular weight is 323 g/mol. The van der Waals surface area contributed by atoms with E-state index in [1.807, 2.05) is 6.07 Å². The zero-order chi connectivity index (χ0) is 15.9. The van der Waals surface area contributed by atoms with E-state index in [0.29, 0.717) is 17.7 Å². The third-order valence-electron chi connectivity index (χ3n) is 4.28. The first-order valence-corrected chi connectivity index (χ1v) is 6.82. The maximum Gasteiger partial charge on any atom is 1.00 e. The van der Waals surface area contributed by atoms with E-state index in [1.165, 1.54) is 4.90 Å². The van der Waals surface area contributed by atoms with Gasteiger partial charge in [0.05, 0.1) is 30.0 Å². The summed E-state index contributed by atoms with van der Waals surface area (Å²) in [6.45, 7) is 1.64. The van der Waals surface area contributed by atoms with Gasteiger partial charge in [0, 0.05) is 17.2 Å². The summed E-state index contributed by atoms with van der Waals surface area (Å²) in [5.41, 5.74) is 0.188. The fourth-order valence-electron chi connectivity index (χ4n) is 3.28. The van der Waals surface area contributed by atoms with E-state index in [2.05, 4.69) is 10.1 Å². The van der Waals surface area contributed by atoms with Crippen LogP contribution in [0, 0.1) is 5.41 Å². The molecule has 0 aliphatic carbocycles. The Morgan fingerprint density at radius 1 is 1.57 bits per heavy atom. The normalized spacial score (nSPS) is 30.9. The third-order valence-corrected chi connectivity index (χ3v) is 4.28. The number of fused-ring (bicyclic) bond motifs is 1. The monoisotopic (exact) mass is 323 g/mol. The molecule has 1 unspecified atom stereocenters. The Morgan fingerprint density at radius 3 is 2.87 bits per heavy atom. The second-order valence-electron chi connectivity index (χ2n) is 5.76. The summed E-state index contributed by atoms with van der Waals surface area (Å²) < 4.78 is 0. The number of nitrogens with zero attached hydrogens (tertiary/aromatic N) is 3. The van der Waals surface area contributed by atoms with Gasteiger partial charge in [0.15, 0.2) is 0 Å². The Morgan fingerprint density at radius 2 is 2.30 bits per heavy atom. The van der Waals surface area contributed by atoms with Crippen molar-refractivity contribution >= 4 is 24.2 Å². The Kier molecular flexibility index (Phi) is 4.93. The molecule has 3 atom stereocenters. The number of hydrogen-bond donors (Lipinski definition) is 1. The van der Waals surface area contributed by atoms with Gasteiger partial charge in [-0.2, -0.15) is 0 Å². The second-order valence-corrected chi connectivity index (χ2v) is 5.76. The number of carboxylic acids is 1. The largest absolute Gasteiger partial charge is 1.00 e. The first-order valence-electron chi connectivity index (χ1n) is 6.82. The molecule has 2 aliphatic rings. The Labute approximate surface area is 155 Å². The van der Waals surface area contributed by atoms with Gasteiger partial charge in [0.1, 0.15) is 0 Å². The standard InChI is InChI=1S/C15H15N3O4.Na/c1-15(8-17-22)7-11-10(6-9-4-2-3-5-16-9)13(19)18(11)12(15)14(20)21;/h2-6,8,11-12,22H,7H2,1H3,(H,20,21);/q;+1/p-1/b10-6+,17-8+;/t11?,12-,15-;/m0./s1. The van der Waals surface area contributed by atoms with Crippen molar-refractivity contribution in [2.75, 3.05) is 0 Å². The van der Waals surface area contributed by atoms with Crippen molar-refractivity contribution in [2.45, 2.75) is 25.4 Å². The molecule has 3 rings (SSSR count). The maximum atomic E-state index is 12.3. The number of aliphatic carboxylic acids is 1. The van der Waals surface area contributed by atoms with Gasteiger partial charge < -0.3 is 20.0 Å². The molecule has 0 bridgehead atoms. The smallest absolute Gasteiger partial charge is 0.548 e. The number of aromatic nitrogens is 1. The van der Waals surface area contributed by atoms with E-state index >= 15 is 0 Å². The predicted octanol–water partition coefficient (Wildman–Crippen LogP) is -3.33. The van der Waals surface area contributed by atoms with E-state index < -0.39 is 17.4 Å². The minimum Gasteiger partial charge on any atom is -0.548 e. The van der Waals surface area contributed by atoms with Crippen LogP contribution in [-0.4, -0.2) is 45.3 Å². The quantitative estimate of drug-likeness (QED) is 0.156. The molecular weight excluding hydrogens is 309 g/mol. The molecule has 2 saturated heterocycles. The molecule has 23 heavy (non-hydrogen) atoms. The summed E-state index contributed by atoms with van der Waals surface area (Å²) in [7, 11) is 0. The van der Waals surface area contributed by atoms with Crippen molar-refractivity contribution in [1.82, 2.24) is 9.88 Å². The number of oxime groups is 1. The van der Waals surface area contributed by atoms with Gasteiger partial charge in [0.2, 0.25) is 0 Å². The minimum absolute atomic E-state index is 0. The minimum atomic E-state index is -1.35. The van der Waals surface area contributed by atoms with E-state index in [9.17, 15) is 14.7 Å². The molecule has 1 amide bonds. The molecule has 0 aromatic carbocycles. The number of hydrogen-bond acceptors (Lipinski definition) is 6. The van der Waals surface area contributed by atoms with Crippen LogP contribution in [0.25, 0.3) is 6.08 Å². The number of carbonyl (C=O) groups excluding carboxylic acids is 2.